The Labute approximate surface area is 217 Å². The van der Waals surface area contributed by atoms with Crippen LogP contribution in [0.25, 0.3) is 0 Å². The molecule has 2 amide bonds. The number of hydrogen-bond donors (Lipinski definition) is 0. The molecule has 0 bridgehead atoms. The molecule has 0 N–H and O–H groups in total. The number of nitrogens with zero attached hydrogens (tertiary/aromatic N) is 2. The first-order valence-corrected chi connectivity index (χ1v) is 12.2. The monoisotopic (exact) mass is 514 g/mol. The Bertz CT molecular complexity index is 1160. The van der Waals surface area contributed by atoms with Gasteiger partial charge in [-0.2, -0.15) is 0 Å². The highest BCUT2D eigenvalue weighted by Crippen LogP contribution is 2.32. The Kier molecular flexibility index (Phi) is 8.39. The Morgan fingerprint density at radius 2 is 1.81 bits per heavy atom. The van der Waals surface area contributed by atoms with Crippen LogP contribution in [0.15, 0.2) is 42.5 Å². The number of carbonyl (C=O) groups excluding carboxylic acids is 3. The van der Waals surface area contributed by atoms with Gasteiger partial charge in [0.15, 0.2) is 0 Å². The van der Waals surface area contributed by atoms with Gasteiger partial charge in [0.05, 0.1) is 23.9 Å². The van der Waals surface area contributed by atoms with Crippen molar-refractivity contribution in [2.24, 2.45) is 0 Å². The third-order valence-electron chi connectivity index (χ3n) is 6.01. The largest absolute Gasteiger partial charge is 0.443 e. The molecule has 3 rings (SSSR count). The minimum absolute atomic E-state index is 0.0928. The van der Waals surface area contributed by atoms with Gasteiger partial charge in [-0.15, -0.1) is 5.06 Å². The zero-order chi connectivity index (χ0) is 27.5. The van der Waals surface area contributed by atoms with E-state index in [0.29, 0.717) is 36.1 Å². The van der Waals surface area contributed by atoms with E-state index in [0.717, 1.165) is 11.0 Å². The minimum atomic E-state index is -0.876. The molecular formula is C28H35FN2O6. The summed E-state index contributed by atoms with van der Waals surface area (Å²) in [7, 11) is 0. The van der Waals surface area contributed by atoms with E-state index >= 15 is 0 Å². The standard InChI is InChI=1S/C28H35FN2O6/c1-18-21(15-23(16-24(18)29)30(19(2)32)26(34)36-27(3,4)5)13-14-22-17-35-28(6,7)31(22)37-25(33)20-11-9-8-10-12-20/h8-12,15-16,22H,13-14,17H2,1-7H3/t22-/m0/s1. The van der Waals surface area contributed by atoms with Crippen LogP contribution in [-0.4, -0.2) is 47.0 Å². The normalized spacial score (nSPS) is 17.4. The maximum Gasteiger partial charge on any atom is 0.421 e. The number of imide groups is 1. The molecule has 1 atom stereocenters. The van der Waals surface area contributed by atoms with Gasteiger partial charge in [-0.25, -0.2) is 18.9 Å². The summed E-state index contributed by atoms with van der Waals surface area (Å²) < 4.78 is 26.2. The lowest BCUT2D eigenvalue weighted by atomic mass is 9.99. The first kappa shape index (κ1) is 28.3. The van der Waals surface area contributed by atoms with Crippen LogP contribution in [0.3, 0.4) is 0 Å². The molecule has 2 aromatic rings. The molecule has 2 aromatic carbocycles. The van der Waals surface area contributed by atoms with Crippen LogP contribution in [0.2, 0.25) is 0 Å². The molecule has 0 aromatic heterocycles. The van der Waals surface area contributed by atoms with Crippen molar-refractivity contribution < 1.29 is 33.1 Å². The van der Waals surface area contributed by atoms with Crippen molar-refractivity contribution in [1.82, 2.24) is 5.06 Å². The second-order valence-corrected chi connectivity index (χ2v) is 10.6. The van der Waals surface area contributed by atoms with Crippen molar-refractivity contribution in [3.63, 3.8) is 0 Å². The van der Waals surface area contributed by atoms with E-state index in [-0.39, 0.29) is 11.7 Å². The van der Waals surface area contributed by atoms with E-state index in [9.17, 15) is 18.8 Å². The Hall–Kier alpha value is -3.30. The molecule has 200 valence electrons. The average Bonchev–Trinajstić information content (AvgIpc) is 3.07. The first-order chi connectivity index (χ1) is 17.2. The maximum atomic E-state index is 14.9. The van der Waals surface area contributed by atoms with Gasteiger partial charge >= 0.3 is 12.1 Å². The van der Waals surface area contributed by atoms with E-state index in [1.165, 1.54) is 6.92 Å². The molecule has 0 unspecified atom stereocenters. The van der Waals surface area contributed by atoms with Gasteiger partial charge in [-0.05, 0) is 89.8 Å². The minimum Gasteiger partial charge on any atom is -0.443 e. The van der Waals surface area contributed by atoms with Crippen molar-refractivity contribution in [2.75, 3.05) is 11.5 Å². The van der Waals surface area contributed by atoms with Crippen molar-refractivity contribution >= 4 is 23.7 Å². The molecule has 0 aliphatic carbocycles. The summed E-state index contributed by atoms with van der Waals surface area (Å²) in [6, 6.07) is 11.1. The maximum absolute atomic E-state index is 14.9. The van der Waals surface area contributed by atoms with E-state index < -0.39 is 35.1 Å². The number of carbonyl (C=O) groups is 3. The summed E-state index contributed by atoms with van der Waals surface area (Å²) >= 11 is 0. The van der Waals surface area contributed by atoms with Gasteiger partial charge in [-0.1, -0.05) is 18.2 Å². The number of rotatable bonds is 6. The fourth-order valence-corrected chi connectivity index (χ4v) is 4.13. The predicted molar refractivity (Wildman–Crippen MR) is 136 cm³/mol. The molecule has 1 fully saturated rings. The zero-order valence-electron chi connectivity index (χ0n) is 22.5. The number of hydrogen-bond acceptors (Lipinski definition) is 7. The number of halogens is 1. The van der Waals surface area contributed by atoms with E-state index in [4.69, 9.17) is 14.3 Å². The van der Waals surface area contributed by atoms with Crippen molar-refractivity contribution in [1.29, 1.82) is 0 Å². The van der Waals surface area contributed by atoms with Gasteiger partial charge in [-0.3, -0.25) is 4.79 Å². The van der Waals surface area contributed by atoms with Crippen LogP contribution in [0.1, 0.15) is 69.4 Å². The van der Waals surface area contributed by atoms with Crippen molar-refractivity contribution in [3.05, 3.63) is 65.0 Å². The second-order valence-electron chi connectivity index (χ2n) is 10.6. The second kappa shape index (κ2) is 11.0. The Morgan fingerprint density at radius 1 is 1.16 bits per heavy atom. The molecule has 1 saturated heterocycles. The summed E-state index contributed by atoms with van der Waals surface area (Å²) in [5.41, 5.74) is -0.144. The summed E-state index contributed by atoms with van der Waals surface area (Å²) in [5.74, 6) is -1.63. The zero-order valence-corrected chi connectivity index (χ0v) is 22.5. The summed E-state index contributed by atoms with van der Waals surface area (Å²) in [4.78, 5) is 44.3. The van der Waals surface area contributed by atoms with Crippen LogP contribution in [0.4, 0.5) is 14.9 Å². The third kappa shape index (κ3) is 6.93. The number of hydroxylamine groups is 2. The van der Waals surface area contributed by atoms with Crippen LogP contribution < -0.4 is 4.90 Å². The quantitative estimate of drug-likeness (QED) is 0.499. The first-order valence-electron chi connectivity index (χ1n) is 12.2. The molecule has 9 heteroatoms. The van der Waals surface area contributed by atoms with E-state index in [1.807, 2.05) is 19.9 Å². The van der Waals surface area contributed by atoms with Crippen LogP contribution in [-0.2, 0) is 25.5 Å². The van der Waals surface area contributed by atoms with Gasteiger partial charge in [0.1, 0.15) is 17.1 Å². The summed E-state index contributed by atoms with van der Waals surface area (Å²) in [5, 5.41) is 1.54. The SMILES string of the molecule is CC(=O)N(C(=O)OC(C)(C)C)c1cc(F)c(C)c(CC[C@H]2COC(C)(C)N2OC(=O)c2ccccc2)c1. The van der Waals surface area contributed by atoms with E-state index in [2.05, 4.69) is 0 Å². The highest BCUT2D eigenvalue weighted by molar-refractivity contribution is 6.11. The van der Waals surface area contributed by atoms with E-state index in [1.54, 1.807) is 63.1 Å². The lowest BCUT2D eigenvalue weighted by Crippen LogP contribution is -2.45. The van der Waals surface area contributed by atoms with Crippen LogP contribution in [0.5, 0.6) is 0 Å². The topological polar surface area (TPSA) is 85.4 Å². The van der Waals surface area contributed by atoms with Crippen molar-refractivity contribution in [2.45, 2.75) is 78.7 Å². The summed E-state index contributed by atoms with van der Waals surface area (Å²) in [6.45, 7) is 11.9. The average molecular weight is 515 g/mol. The number of ether oxygens (including phenoxy) is 2. The van der Waals surface area contributed by atoms with Crippen LogP contribution in [0, 0.1) is 12.7 Å². The number of aryl methyl sites for hydroxylation is 1. The molecule has 1 aliphatic rings. The Balaban J connectivity index is 1.81. The number of amides is 2. The molecule has 0 saturated carbocycles. The molecule has 1 aliphatic heterocycles. The fraction of sp³-hybridized carbons (Fsp3) is 0.464. The molecular weight excluding hydrogens is 479 g/mol. The molecule has 1 heterocycles. The predicted octanol–water partition coefficient (Wildman–Crippen LogP) is 5.56. The molecule has 8 nitrogen and oxygen atoms in total. The number of benzene rings is 2. The molecule has 0 spiro atoms. The van der Waals surface area contributed by atoms with Gasteiger partial charge in [0.25, 0.3) is 0 Å². The lowest BCUT2D eigenvalue weighted by molar-refractivity contribution is -0.219. The van der Waals surface area contributed by atoms with Gasteiger partial charge < -0.3 is 14.3 Å². The fourth-order valence-electron chi connectivity index (χ4n) is 4.13. The molecule has 37 heavy (non-hydrogen) atoms. The number of anilines is 1. The highest BCUT2D eigenvalue weighted by atomic mass is 19.1. The summed E-state index contributed by atoms with van der Waals surface area (Å²) in [6.07, 6.45) is -0.0128. The van der Waals surface area contributed by atoms with Gasteiger partial charge in [0.2, 0.25) is 5.91 Å². The van der Waals surface area contributed by atoms with Crippen LogP contribution >= 0.6 is 0 Å². The lowest BCUT2D eigenvalue weighted by Gasteiger charge is -2.31. The van der Waals surface area contributed by atoms with Gasteiger partial charge in [0, 0.05) is 6.92 Å². The van der Waals surface area contributed by atoms with Crippen molar-refractivity contribution in [3.8, 4) is 0 Å². The Morgan fingerprint density at radius 3 is 2.41 bits per heavy atom. The smallest absolute Gasteiger partial charge is 0.421 e. The molecule has 0 radical (unpaired) electrons. The third-order valence-corrected chi connectivity index (χ3v) is 6.01. The highest BCUT2D eigenvalue weighted by Gasteiger charge is 2.43.